The molecule has 1 atom stereocenters. The third kappa shape index (κ3) is 7.55. The largest absolute Gasteiger partial charge is 0.467 e. The predicted octanol–water partition coefficient (Wildman–Crippen LogP) is 0.890. The van der Waals surface area contributed by atoms with Crippen molar-refractivity contribution in [1.82, 2.24) is 10.6 Å². The Balaban J connectivity index is 2.21. The molecule has 0 bridgehead atoms. The van der Waals surface area contributed by atoms with Crippen LogP contribution in [-0.2, 0) is 25.7 Å². The molecular weight excluding hydrogens is 320 g/mol. The normalized spacial score (nSPS) is 11.2. The van der Waals surface area contributed by atoms with Gasteiger partial charge in [0.15, 0.2) is 0 Å². The molecule has 0 unspecified atom stereocenters. The van der Waals surface area contributed by atoms with Gasteiger partial charge in [-0.15, -0.1) is 0 Å². The van der Waals surface area contributed by atoms with E-state index in [4.69, 9.17) is 4.74 Å². The zero-order valence-electron chi connectivity index (χ0n) is 12.8. The number of rotatable bonds is 8. The maximum absolute atomic E-state index is 11.6. The van der Waals surface area contributed by atoms with Crippen LogP contribution in [0.25, 0.3) is 0 Å². The minimum Gasteiger partial charge on any atom is -0.467 e. The van der Waals surface area contributed by atoms with Crippen LogP contribution in [-0.4, -0.2) is 43.4 Å². The van der Waals surface area contributed by atoms with Crippen molar-refractivity contribution in [2.24, 2.45) is 0 Å². The molecule has 0 aliphatic heterocycles. The van der Waals surface area contributed by atoms with Crippen molar-refractivity contribution in [2.45, 2.75) is 19.1 Å². The Hall–Kier alpha value is -2.22. The minimum absolute atomic E-state index is 0.0156. The number of hydrogen-bond donors (Lipinski definition) is 3. The summed E-state index contributed by atoms with van der Waals surface area (Å²) in [5.74, 6) is -0.827. The summed E-state index contributed by atoms with van der Waals surface area (Å²) in [5, 5.41) is 4.93. The van der Waals surface area contributed by atoms with Crippen LogP contribution in [0.5, 0.6) is 0 Å². The molecule has 126 valence electrons. The van der Waals surface area contributed by atoms with E-state index in [1.807, 2.05) is 30.3 Å². The third-order valence-electron chi connectivity index (χ3n) is 2.84. The van der Waals surface area contributed by atoms with Crippen LogP contribution in [0.4, 0.5) is 4.79 Å². The van der Waals surface area contributed by atoms with Crippen molar-refractivity contribution in [3.63, 3.8) is 0 Å². The monoisotopic (exact) mass is 340 g/mol. The maximum Gasteiger partial charge on any atom is 0.407 e. The number of methoxy groups -OCH3 is 1. The highest BCUT2D eigenvalue weighted by Gasteiger charge is 2.19. The highest BCUT2D eigenvalue weighted by atomic mass is 32.1. The van der Waals surface area contributed by atoms with Crippen LogP contribution in [0.1, 0.15) is 12.0 Å². The molecule has 8 heteroatoms. The Morgan fingerprint density at radius 3 is 2.52 bits per heavy atom. The lowest BCUT2D eigenvalue weighted by Crippen LogP contribution is -2.43. The molecule has 0 aliphatic carbocycles. The first-order valence-electron chi connectivity index (χ1n) is 6.99. The zero-order valence-corrected chi connectivity index (χ0v) is 13.7. The Kier molecular flexibility index (Phi) is 8.59. The summed E-state index contributed by atoms with van der Waals surface area (Å²) in [5.41, 5.74) is 0.870. The molecule has 1 aromatic carbocycles. The SMILES string of the molecule is COC(=O)[C@@H](CS)NC(=O)CCNC(=O)OCc1ccccc1. The minimum atomic E-state index is -0.805. The number of benzene rings is 1. The first-order chi connectivity index (χ1) is 11.1. The van der Waals surface area contributed by atoms with Gasteiger partial charge in [0.05, 0.1) is 7.11 Å². The number of carbonyl (C=O) groups is 3. The van der Waals surface area contributed by atoms with Gasteiger partial charge in [0, 0.05) is 18.7 Å². The lowest BCUT2D eigenvalue weighted by molar-refractivity contribution is -0.144. The number of esters is 1. The van der Waals surface area contributed by atoms with Gasteiger partial charge in [0.25, 0.3) is 0 Å². The smallest absolute Gasteiger partial charge is 0.407 e. The molecule has 0 saturated heterocycles. The first kappa shape index (κ1) is 18.8. The van der Waals surface area contributed by atoms with Gasteiger partial charge in [-0.25, -0.2) is 9.59 Å². The maximum atomic E-state index is 11.6. The summed E-state index contributed by atoms with van der Waals surface area (Å²) in [6.07, 6.45) is -0.595. The highest BCUT2D eigenvalue weighted by molar-refractivity contribution is 7.80. The van der Waals surface area contributed by atoms with Crippen LogP contribution >= 0.6 is 12.6 Å². The summed E-state index contributed by atoms with van der Waals surface area (Å²) in [6.45, 7) is 0.253. The quantitative estimate of drug-likeness (QED) is 0.483. The number of ether oxygens (including phenoxy) is 2. The van der Waals surface area contributed by atoms with E-state index >= 15 is 0 Å². The van der Waals surface area contributed by atoms with Crippen LogP contribution < -0.4 is 10.6 Å². The van der Waals surface area contributed by atoms with E-state index in [-0.39, 0.29) is 25.3 Å². The molecule has 0 fully saturated rings. The second-order valence-corrected chi connectivity index (χ2v) is 4.93. The van der Waals surface area contributed by atoms with Gasteiger partial charge in [0.2, 0.25) is 5.91 Å². The lowest BCUT2D eigenvalue weighted by Gasteiger charge is -2.14. The molecule has 1 rings (SSSR count). The van der Waals surface area contributed by atoms with Gasteiger partial charge in [0.1, 0.15) is 12.6 Å². The van der Waals surface area contributed by atoms with Crippen molar-refractivity contribution in [2.75, 3.05) is 19.4 Å². The van der Waals surface area contributed by atoms with Crippen LogP contribution in [0.3, 0.4) is 0 Å². The summed E-state index contributed by atoms with van der Waals surface area (Å²) in [7, 11) is 1.23. The van der Waals surface area contributed by atoms with Crippen molar-refractivity contribution in [3.05, 3.63) is 35.9 Å². The number of hydrogen-bond acceptors (Lipinski definition) is 6. The molecule has 0 spiro atoms. The molecular formula is C15H20N2O5S. The van der Waals surface area contributed by atoms with E-state index in [2.05, 4.69) is 28.0 Å². The lowest BCUT2D eigenvalue weighted by atomic mass is 10.2. The van der Waals surface area contributed by atoms with E-state index in [0.29, 0.717) is 0 Å². The summed E-state index contributed by atoms with van der Waals surface area (Å²) >= 11 is 3.96. The average Bonchev–Trinajstić information content (AvgIpc) is 2.58. The zero-order chi connectivity index (χ0) is 17.1. The fourth-order valence-corrected chi connectivity index (χ4v) is 1.88. The van der Waals surface area contributed by atoms with Crippen molar-refractivity contribution < 1.29 is 23.9 Å². The van der Waals surface area contributed by atoms with Gasteiger partial charge in [-0.1, -0.05) is 30.3 Å². The summed E-state index contributed by atoms with van der Waals surface area (Å²) in [6, 6.07) is 8.44. The van der Waals surface area contributed by atoms with Gasteiger partial charge >= 0.3 is 12.1 Å². The molecule has 1 aromatic rings. The summed E-state index contributed by atoms with van der Waals surface area (Å²) in [4.78, 5) is 34.4. The second kappa shape index (κ2) is 10.5. The number of thiol groups is 1. The van der Waals surface area contributed by atoms with E-state index in [9.17, 15) is 14.4 Å². The van der Waals surface area contributed by atoms with Crippen molar-refractivity contribution in [1.29, 1.82) is 0 Å². The Bertz CT molecular complexity index is 524. The molecule has 0 radical (unpaired) electrons. The molecule has 0 heterocycles. The Morgan fingerprint density at radius 2 is 1.91 bits per heavy atom. The molecule has 0 aromatic heterocycles. The van der Waals surface area contributed by atoms with Crippen LogP contribution in [0.15, 0.2) is 30.3 Å². The Morgan fingerprint density at radius 1 is 1.22 bits per heavy atom. The van der Waals surface area contributed by atoms with Crippen molar-refractivity contribution >= 4 is 30.6 Å². The molecule has 0 aliphatic rings. The van der Waals surface area contributed by atoms with Crippen LogP contribution in [0.2, 0.25) is 0 Å². The fourth-order valence-electron chi connectivity index (χ4n) is 1.64. The number of nitrogens with one attached hydrogen (secondary N) is 2. The van der Waals surface area contributed by atoms with E-state index < -0.39 is 24.0 Å². The van der Waals surface area contributed by atoms with Gasteiger partial charge in [-0.05, 0) is 5.56 Å². The molecule has 2 amide bonds. The van der Waals surface area contributed by atoms with E-state index in [1.165, 1.54) is 7.11 Å². The number of carbonyl (C=O) groups excluding carboxylic acids is 3. The first-order valence-corrected chi connectivity index (χ1v) is 7.62. The summed E-state index contributed by atoms with van der Waals surface area (Å²) < 4.78 is 9.53. The topological polar surface area (TPSA) is 93.7 Å². The second-order valence-electron chi connectivity index (χ2n) is 4.56. The van der Waals surface area contributed by atoms with E-state index in [1.54, 1.807) is 0 Å². The van der Waals surface area contributed by atoms with Crippen molar-refractivity contribution in [3.8, 4) is 0 Å². The van der Waals surface area contributed by atoms with Gasteiger partial charge in [-0.3, -0.25) is 4.79 Å². The number of amides is 2. The highest BCUT2D eigenvalue weighted by Crippen LogP contribution is 2.00. The standard InChI is InChI=1S/C15H20N2O5S/c1-21-14(19)12(10-23)17-13(18)7-8-16-15(20)22-9-11-5-3-2-4-6-11/h2-6,12,23H,7-10H2,1H3,(H,16,20)(H,17,18)/t12-/m1/s1. The molecule has 7 nitrogen and oxygen atoms in total. The average molecular weight is 340 g/mol. The molecule has 0 saturated carbocycles. The van der Waals surface area contributed by atoms with Crippen LogP contribution in [0, 0.1) is 0 Å². The molecule has 2 N–H and O–H groups in total. The fraction of sp³-hybridized carbons (Fsp3) is 0.400. The third-order valence-corrected chi connectivity index (χ3v) is 3.20. The van der Waals surface area contributed by atoms with E-state index in [0.717, 1.165) is 5.56 Å². The Labute approximate surface area is 140 Å². The molecule has 23 heavy (non-hydrogen) atoms. The van der Waals surface area contributed by atoms with Gasteiger partial charge in [-0.2, -0.15) is 12.6 Å². The number of alkyl carbamates (subject to hydrolysis) is 1. The predicted molar refractivity (Wildman–Crippen MR) is 87.0 cm³/mol. The van der Waals surface area contributed by atoms with Gasteiger partial charge < -0.3 is 20.1 Å².